The molecule has 1 fully saturated rings. The number of ether oxygens (including phenoxy) is 7. The van der Waals surface area contributed by atoms with Crippen molar-refractivity contribution in [3.05, 3.63) is 99.9 Å². The van der Waals surface area contributed by atoms with Crippen LogP contribution in [0.3, 0.4) is 0 Å². The van der Waals surface area contributed by atoms with Crippen molar-refractivity contribution >= 4 is 47.0 Å². The molecule has 2 atom stereocenters. The van der Waals surface area contributed by atoms with Crippen LogP contribution in [-0.2, 0) is 14.2 Å². The summed E-state index contributed by atoms with van der Waals surface area (Å²) in [6.45, 7) is 8.47. The van der Waals surface area contributed by atoms with Gasteiger partial charge in [0.1, 0.15) is 50.5 Å². The van der Waals surface area contributed by atoms with Crippen LogP contribution in [0.5, 0.6) is 23.1 Å². The second-order valence-corrected chi connectivity index (χ2v) is 13.3. The number of carbonyl (C=O) groups excluding carboxylic acids is 4. The highest BCUT2D eigenvalue weighted by Crippen LogP contribution is 2.31. The van der Waals surface area contributed by atoms with Gasteiger partial charge in [-0.3, -0.25) is 4.79 Å². The van der Waals surface area contributed by atoms with E-state index in [0.29, 0.717) is 48.1 Å². The van der Waals surface area contributed by atoms with Crippen molar-refractivity contribution in [2.24, 2.45) is 0 Å². The van der Waals surface area contributed by atoms with Crippen molar-refractivity contribution in [1.82, 2.24) is 40.1 Å². The summed E-state index contributed by atoms with van der Waals surface area (Å²) < 4.78 is 36.2. The molecule has 5 aromatic rings. The molecule has 0 aliphatic carbocycles. The molecule has 19 nitrogen and oxygen atoms in total. The number of amides is 1. The predicted molar refractivity (Wildman–Crippen MR) is 224 cm³/mol. The van der Waals surface area contributed by atoms with E-state index in [2.05, 4.69) is 35.1 Å². The molecule has 0 radical (unpaired) electrons. The molecular formula is C41H46Cl2N8O11. The van der Waals surface area contributed by atoms with Gasteiger partial charge in [0.25, 0.3) is 5.91 Å². The number of nitrogens with zero attached hydrogens (tertiary/aromatic N) is 8. The number of hydrogen-bond donors (Lipinski definition) is 0. The molecule has 1 amide bonds. The summed E-state index contributed by atoms with van der Waals surface area (Å²) in [6, 6.07) is 11.8. The normalized spacial score (nSPS) is 14.1. The third kappa shape index (κ3) is 12.3. The predicted octanol–water partition coefficient (Wildman–Crippen LogP) is 6.16. The number of likely N-dealkylation sites (tertiary alicyclic amines) is 1. The Balaban J connectivity index is 0.000000255. The lowest BCUT2D eigenvalue weighted by Crippen LogP contribution is -2.49. The van der Waals surface area contributed by atoms with Gasteiger partial charge in [-0.2, -0.15) is 0 Å². The Hall–Kier alpha value is -6.60. The topological polar surface area (TPSA) is 218 Å². The summed E-state index contributed by atoms with van der Waals surface area (Å²) in [5, 5.41) is 11.9. The second-order valence-electron chi connectivity index (χ2n) is 12.6. The van der Waals surface area contributed by atoms with Crippen LogP contribution in [0.1, 0.15) is 82.0 Å². The molecule has 1 aliphatic heterocycles. The lowest BCUT2D eigenvalue weighted by Gasteiger charge is -2.38. The minimum Gasteiger partial charge on any atom is -0.496 e. The van der Waals surface area contributed by atoms with E-state index in [1.807, 2.05) is 19.9 Å². The SMILES string of the molecule is CCOC(=O)c1c(OC)ccnc1Cl.CCOC(=O)c1c(OCC)ccnc1O[C@@H]1CC[C@@H](C)N(C(=O)c2ccccc2-n2ncnn2)C1.COC(=O)c1c(OC)ccnc1Cl. The van der Waals surface area contributed by atoms with E-state index in [-0.39, 0.29) is 64.1 Å². The Kier molecular flexibility index (Phi) is 18.6. The maximum absolute atomic E-state index is 13.6. The molecule has 5 heterocycles. The first kappa shape index (κ1) is 48.1. The van der Waals surface area contributed by atoms with E-state index in [9.17, 15) is 19.2 Å². The number of tetrazole rings is 1. The lowest BCUT2D eigenvalue weighted by molar-refractivity contribution is 0.0350. The fourth-order valence-corrected chi connectivity index (χ4v) is 6.36. The van der Waals surface area contributed by atoms with E-state index in [1.165, 1.54) is 57.1 Å². The number of esters is 3. The molecule has 4 aromatic heterocycles. The van der Waals surface area contributed by atoms with Crippen LogP contribution in [0.15, 0.2) is 67.4 Å². The molecule has 0 N–H and O–H groups in total. The molecule has 0 spiro atoms. The van der Waals surface area contributed by atoms with Crippen LogP contribution in [0.4, 0.5) is 0 Å². The maximum atomic E-state index is 13.6. The van der Waals surface area contributed by atoms with E-state index >= 15 is 0 Å². The summed E-state index contributed by atoms with van der Waals surface area (Å²) >= 11 is 11.4. The number of aromatic nitrogens is 7. The highest BCUT2D eigenvalue weighted by Gasteiger charge is 2.34. The Morgan fingerprint density at radius 3 is 1.87 bits per heavy atom. The number of hydrogen-bond acceptors (Lipinski definition) is 17. The standard InChI is InChI=1S/C24H28N6O5.C9H10ClNO3.C8H8ClNO3/c1-4-33-20-12-13-25-22(21(20)24(32)34-5-2)35-17-11-10-16(3)29(14-17)23(31)18-8-6-7-9-19(18)30-27-15-26-28-30;1-3-14-9(12)7-6(13-2)4-5-11-8(7)10;1-12-5-3-4-10-7(9)6(5)8(11)13-2/h6-9,12-13,15-17H,4-5,10-11,14H2,1-3H3;4-5H,3H2,1-2H3;3-4H,1-2H3/t16-,17-;;/m1../s1. The van der Waals surface area contributed by atoms with Gasteiger partial charge < -0.3 is 38.1 Å². The van der Waals surface area contributed by atoms with Gasteiger partial charge in [0, 0.05) is 24.6 Å². The van der Waals surface area contributed by atoms with Gasteiger partial charge in [-0.25, -0.2) is 29.3 Å². The van der Waals surface area contributed by atoms with Crippen LogP contribution in [0, 0.1) is 0 Å². The molecule has 0 bridgehead atoms. The minimum absolute atomic E-state index is 0.00800. The van der Waals surface area contributed by atoms with Crippen LogP contribution < -0.4 is 18.9 Å². The third-order valence-electron chi connectivity index (χ3n) is 8.78. The molecule has 1 saturated heterocycles. The Morgan fingerprint density at radius 1 is 0.726 bits per heavy atom. The number of pyridine rings is 3. The highest BCUT2D eigenvalue weighted by molar-refractivity contribution is 6.33. The van der Waals surface area contributed by atoms with Crippen LogP contribution in [-0.4, -0.2) is 124 Å². The average molecular weight is 898 g/mol. The number of piperidine rings is 1. The first-order valence-corrected chi connectivity index (χ1v) is 19.9. The average Bonchev–Trinajstić information content (AvgIpc) is 3.82. The summed E-state index contributed by atoms with van der Waals surface area (Å²) in [5.41, 5.74) is 1.46. The fourth-order valence-electron chi connectivity index (χ4n) is 5.91. The van der Waals surface area contributed by atoms with Crippen molar-refractivity contribution in [2.75, 3.05) is 47.7 Å². The highest BCUT2D eigenvalue weighted by atomic mass is 35.5. The largest absolute Gasteiger partial charge is 0.496 e. The molecule has 21 heteroatoms. The van der Waals surface area contributed by atoms with Crippen LogP contribution >= 0.6 is 23.2 Å². The Bertz CT molecular complexity index is 2280. The van der Waals surface area contributed by atoms with Gasteiger partial charge in [-0.15, -0.1) is 15.0 Å². The lowest BCUT2D eigenvalue weighted by atomic mass is 9.99. The zero-order valence-corrected chi connectivity index (χ0v) is 36.6. The number of para-hydroxylation sites is 1. The molecular weight excluding hydrogens is 851 g/mol. The van der Waals surface area contributed by atoms with Gasteiger partial charge in [-0.05, 0) is 76.1 Å². The molecule has 1 aliphatic rings. The fraction of sp³-hybridized carbons (Fsp3) is 0.366. The van der Waals surface area contributed by atoms with Crippen molar-refractivity contribution in [3.63, 3.8) is 0 Å². The number of carbonyl (C=O) groups is 4. The second kappa shape index (κ2) is 24.0. The minimum atomic E-state index is -0.564. The third-order valence-corrected chi connectivity index (χ3v) is 9.35. The number of halogens is 2. The quantitative estimate of drug-likeness (QED) is 0.0734. The van der Waals surface area contributed by atoms with E-state index in [4.69, 9.17) is 51.6 Å². The van der Waals surface area contributed by atoms with Crippen molar-refractivity contribution in [3.8, 4) is 28.8 Å². The number of methoxy groups -OCH3 is 3. The number of benzene rings is 1. The van der Waals surface area contributed by atoms with Crippen molar-refractivity contribution < 1.29 is 52.3 Å². The van der Waals surface area contributed by atoms with Crippen molar-refractivity contribution in [2.45, 2.75) is 52.7 Å². The summed E-state index contributed by atoms with van der Waals surface area (Å²) in [4.78, 5) is 63.7. The molecule has 6 rings (SSSR count). The summed E-state index contributed by atoms with van der Waals surface area (Å²) in [5.74, 6) is -0.616. The molecule has 0 unspecified atom stereocenters. The van der Waals surface area contributed by atoms with Gasteiger partial charge in [-0.1, -0.05) is 35.3 Å². The van der Waals surface area contributed by atoms with Crippen LogP contribution in [0.2, 0.25) is 10.3 Å². The Labute approximate surface area is 367 Å². The Morgan fingerprint density at radius 2 is 1.31 bits per heavy atom. The van der Waals surface area contributed by atoms with E-state index in [0.717, 1.165) is 6.42 Å². The summed E-state index contributed by atoms with van der Waals surface area (Å²) in [7, 11) is 4.16. The molecule has 1 aromatic carbocycles. The van der Waals surface area contributed by atoms with Crippen molar-refractivity contribution in [1.29, 1.82) is 0 Å². The molecule has 0 saturated carbocycles. The summed E-state index contributed by atoms with van der Waals surface area (Å²) in [6.07, 6.45) is 6.81. The maximum Gasteiger partial charge on any atom is 0.347 e. The van der Waals surface area contributed by atoms with Gasteiger partial charge in [0.05, 0.1) is 53.3 Å². The van der Waals surface area contributed by atoms with Crippen LogP contribution in [0.25, 0.3) is 5.69 Å². The molecule has 330 valence electrons. The smallest absolute Gasteiger partial charge is 0.347 e. The van der Waals surface area contributed by atoms with Gasteiger partial charge in [0.15, 0.2) is 11.9 Å². The zero-order chi connectivity index (χ0) is 45.2. The van der Waals surface area contributed by atoms with Gasteiger partial charge in [0.2, 0.25) is 5.88 Å². The van der Waals surface area contributed by atoms with Gasteiger partial charge >= 0.3 is 17.9 Å². The number of rotatable bonds is 13. The first-order valence-electron chi connectivity index (χ1n) is 19.2. The molecule has 62 heavy (non-hydrogen) atoms. The van der Waals surface area contributed by atoms with E-state index < -0.39 is 17.9 Å². The van der Waals surface area contributed by atoms with E-state index in [1.54, 1.807) is 49.1 Å². The first-order chi connectivity index (χ1) is 29.9. The monoisotopic (exact) mass is 896 g/mol. The zero-order valence-electron chi connectivity index (χ0n) is 35.1.